The van der Waals surface area contributed by atoms with Crippen LogP contribution in [0.3, 0.4) is 0 Å². The predicted octanol–water partition coefficient (Wildman–Crippen LogP) is 3.12. The molecule has 2 rings (SSSR count). The number of carbonyl (C=O) groups excluding carboxylic acids is 2. The third-order valence-corrected chi connectivity index (χ3v) is 3.45. The van der Waals surface area contributed by atoms with Crippen LogP contribution < -0.4 is 0 Å². The number of rotatable bonds is 6. The Morgan fingerprint density at radius 1 is 0.909 bits per heavy atom. The Bertz CT molecular complexity index is 640. The zero-order chi connectivity index (χ0) is 15.9. The van der Waals surface area contributed by atoms with Crippen molar-refractivity contribution in [3.63, 3.8) is 0 Å². The average molecular weight is 300 g/mol. The molecule has 0 amide bonds. The Morgan fingerprint density at radius 2 is 1.50 bits per heavy atom. The maximum atomic E-state index is 12.1. The van der Waals surface area contributed by atoms with Gasteiger partial charge in [-0.2, -0.15) is 0 Å². The van der Waals surface area contributed by atoms with Crippen molar-refractivity contribution in [2.75, 3.05) is 13.2 Å². The lowest BCUT2D eigenvalue weighted by atomic mass is 9.95. The van der Waals surface area contributed by atoms with E-state index in [1.165, 1.54) is 0 Å². The molecule has 0 aliphatic rings. The first-order chi connectivity index (χ1) is 10.7. The number of carbonyl (C=O) groups is 2. The maximum Gasteiger partial charge on any atom is 0.320 e. The summed E-state index contributed by atoms with van der Waals surface area (Å²) in [6.45, 7) is 3.92. The first-order valence-electron chi connectivity index (χ1n) is 7.47. The fourth-order valence-corrected chi connectivity index (χ4v) is 2.44. The van der Waals surface area contributed by atoms with Gasteiger partial charge in [-0.3, -0.25) is 9.59 Å². The third kappa shape index (κ3) is 3.64. The van der Waals surface area contributed by atoms with E-state index in [1.54, 1.807) is 13.8 Å². The Labute approximate surface area is 130 Å². The highest BCUT2D eigenvalue weighted by Gasteiger charge is 2.30. The summed E-state index contributed by atoms with van der Waals surface area (Å²) < 4.78 is 10.0. The molecule has 22 heavy (non-hydrogen) atoms. The Hall–Kier alpha value is -2.36. The zero-order valence-electron chi connectivity index (χ0n) is 12.9. The summed E-state index contributed by atoms with van der Waals surface area (Å²) in [5.74, 6) is -1.99. The Kier molecular flexibility index (Phi) is 5.53. The minimum atomic E-state index is -0.925. The lowest BCUT2D eigenvalue weighted by molar-refractivity contribution is -0.161. The van der Waals surface area contributed by atoms with Gasteiger partial charge >= 0.3 is 11.9 Å². The molecule has 0 heterocycles. The van der Waals surface area contributed by atoms with E-state index in [0.717, 1.165) is 16.3 Å². The fourth-order valence-electron chi connectivity index (χ4n) is 2.44. The van der Waals surface area contributed by atoms with Gasteiger partial charge in [0.15, 0.2) is 5.92 Å². The highest BCUT2D eigenvalue weighted by atomic mass is 16.6. The van der Waals surface area contributed by atoms with Gasteiger partial charge in [-0.1, -0.05) is 42.5 Å². The molecule has 0 saturated carbocycles. The van der Waals surface area contributed by atoms with E-state index in [1.807, 2.05) is 42.5 Å². The molecule has 0 aromatic heterocycles. The van der Waals surface area contributed by atoms with Crippen molar-refractivity contribution >= 4 is 22.7 Å². The minimum absolute atomic E-state index is 0.240. The molecule has 0 fully saturated rings. The first-order valence-corrected chi connectivity index (χ1v) is 7.47. The van der Waals surface area contributed by atoms with E-state index in [-0.39, 0.29) is 19.6 Å². The second-order valence-electron chi connectivity index (χ2n) is 4.90. The van der Waals surface area contributed by atoms with Crippen molar-refractivity contribution < 1.29 is 19.1 Å². The van der Waals surface area contributed by atoms with Crippen molar-refractivity contribution in [2.45, 2.75) is 20.3 Å². The van der Waals surface area contributed by atoms with Crippen LogP contribution in [-0.4, -0.2) is 25.2 Å². The van der Waals surface area contributed by atoms with Crippen LogP contribution in [0.25, 0.3) is 10.8 Å². The average Bonchev–Trinajstić information content (AvgIpc) is 2.53. The number of esters is 2. The molecule has 2 aromatic carbocycles. The molecule has 2 aromatic rings. The lowest BCUT2D eigenvalue weighted by Crippen LogP contribution is -2.30. The number of hydrogen-bond acceptors (Lipinski definition) is 4. The highest BCUT2D eigenvalue weighted by Crippen LogP contribution is 2.22. The van der Waals surface area contributed by atoms with Crippen molar-refractivity contribution in [2.24, 2.45) is 5.92 Å². The second kappa shape index (κ2) is 7.59. The molecule has 0 radical (unpaired) electrons. The summed E-state index contributed by atoms with van der Waals surface area (Å²) >= 11 is 0. The number of benzene rings is 2. The number of hydrogen-bond donors (Lipinski definition) is 0. The van der Waals surface area contributed by atoms with Crippen LogP contribution in [0.2, 0.25) is 0 Å². The van der Waals surface area contributed by atoms with E-state index in [2.05, 4.69) is 0 Å². The van der Waals surface area contributed by atoms with Crippen LogP contribution in [0, 0.1) is 5.92 Å². The summed E-state index contributed by atoms with van der Waals surface area (Å²) in [7, 11) is 0. The summed E-state index contributed by atoms with van der Waals surface area (Å²) in [6.07, 6.45) is 0.277. The third-order valence-electron chi connectivity index (χ3n) is 3.45. The molecular formula is C18H20O4. The van der Waals surface area contributed by atoms with Crippen LogP contribution in [0.1, 0.15) is 19.4 Å². The van der Waals surface area contributed by atoms with Crippen LogP contribution in [-0.2, 0) is 25.5 Å². The van der Waals surface area contributed by atoms with E-state index < -0.39 is 17.9 Å². The van der Waals surface area contributed by atoms with Crippen molar-refractivity contribution in [3.05, 3.63) is 48.0 Å². The standard InChI is InChI=1S/C18H20O4/c1-3-21-17(19)16(18(20)22-4-2)12-14-10-7-9-13-8-5-6-11-15(13)14/h5-11,16H,3-4,12H2,1-2H3. The topological polar surface area (TPSA) is 52.6 Å². The van der Waals surface area contributed by atoms with Gasteiger partial charge in [-0.25, -0.2) is 0 Å². The maximum absolute atomic E-state index is 12.1. The van der Waals surface area contributed by atoms with Gasteiger partial charge in [0, 0.05) is 0 Å². The van der Waals surface area contributed by atoms with Gasteiger partial charge in [0.05, 0.1) is 13.2 Å². The molecule has 116 valence electrons. The monoisotopic (exact) mass is 300 g/mol. The molecule has 0 unspecified atom stereocenters. The SMILES string of the molecule is CCOC(=O)C(Cc1cccc2ccccc12)C(=O)OCC. The first kappa shape index (κ1) is 16.0. The second-order valence-corrected chi connectivity index (χ2v) is 4.90. The highest BCUT2D eigenvalue weighted by molar-refractivity contribution is 5.96. The number of fused-ring (bicyclic) bond motifs is 1. The normalized spacial score (nSPS) is 10.7. The van der Waals surface area contributed by atoms with Crippen LogP contribution in [0.15, 0.2) is 42.5 Å². The van der Waals surface area contributed by atoms with E-state index in [0.29, 0.717) is 0 Å². The van der Waals surface area contributed by atoms with Gasteiger partial charge in [-0.05, 0) is 36.6 Å². The summed E-state index contributed by atoms with van der Waals surface area (Å²) in [4.78, 5) is 24.2. The Balaban J connectivity index is 2.32. The molecule has 4 heteroatoms. The van der Waals surface area contributed by atoms with E-state index in [9.17, 15) is 9.59 Å². The van der Waals surface area contributed by atoms with Gasteiger partial charge in [-0.15, -0.1) is 0 Å². The fraction of sp³-hybridized carbons (Fsp3) is 0.333. The van der Waals surface area contributed by atoms with Gasteiger partial charge in [0.1, 0.15) is 0 Å². The largest absolute Gasteiger partial charge is 0.465 e. The molecule has 0 N–H and O–H groups in total. The zero-order valence-corrected chi connectivity index (χ0v) is 12.9. The predicted molar refractivity (Wildman–Crippen MR) is 84.4 cm³/mol. The lowest BCUT2D eigenvalue weighted by Gasteiger charge is -2.15. The van der Waals surface area contributed by atoms with E-state index >= 15 is 0 Å². The minimum Gasteiger partial charge on any atom is -0.465 e. The van der Waals surface area contributed by atoms with Crippen LogP contribution in [0.4, 0.5) is 0 Å². The van der Waals surface area contributed by atoms with Gasteiger partial charge in [0.25, 0.3) is 0 Å². The van der Waals surface area contributed by atoms with Gasteiger partial charge < -0.3 is 9.47 Å². The summed E-state index contributed by atoms with van der Waals surface area (Å²) in [6, 6.07) is 13.7. The summed E-state index contributed by atoms with van der Waals surface area (Å²) in [5, 5.41) is 2.11. The molecule has 4 nitrogen and oxygen atoms in total. The molecule has 0 spiro atoms. The quantitative estimate of drug-likeness (QED) is 0.607. The summed E-state index contributed by atoms with van der Waals surface area (Å²) in [5.41, 5.74) is 0.934. The molecule has 0 bridgehead atoms. The van der Waals surface area contributed by atoms with Crippen molar-refractivity contribution in [1.82, 2.24) is 0 Å². The smallest absolute Gasteiger partial charge is 0.320 e. The number of ether oxygens (including phenoxy) is 2. The molecule has 0 saturated heterocycles. The van der Waals surface area contributed by atoms with E-state index in [4.69, 9.17) is 9.47 Å². The van der Waals surface area contributed by atoms with Crippen molar-refractivity contribution in [1.29, 1.82) is 0 Å². The van der Waals surface area contributed by atoms with Gasteiger partial charge in [0.2, 0.25) is 0 Å². The van der Waals surface area contributed by atoms with Crippen molar-refractivity contribution in [3.8, 4) is 0 Å². The molecule has 0 aliphatic carbocycles. The van der Waals surface area contributed by atoms with Crippen LogP contribution in [0.5, 0.6) is 0 Å². The van der Waals surface area contributed by atoms with Crippen LogP contribution >= 0.6 is 0 Å². The molecular weight excluding hydrogens is 280 g/mol. The molecule has 0 aliphatic heterocycles. The Morgan fingerprint density at radius 3 is 2.14 bits per heavy atom. The molecule has 0 atom stereocenters.